The molecule has 0 unspecified atom stereocenters. The van der Waals surface area contributed by atoms with Crippen LogP contribution in [0.5, 0.6) is 0 Å². The van der Waals surface area contributed by atoms with Gasteiger partial charge in [-0.05, 0) is 51.2 Å². The fourth-order valence-corrected chi connectivity index (χ4v) is 7.14. The Labute approximate surface area is 365 Å². The molecule has 0 bridgehead atoms. The van der Waals surface area contributed by atoms with Gasteiger partial charge in [-0.25, -0.2) is 6.29 Å². The molecule has 0 saturated carbocycles. The number of carbonyl (C=O) groups excluding carboxylic acids is 5. The van der Waals surface area contributed by atoms with E-state index >= 15 is 0 Å². The molecule has 1 fully saturated rings. The van der Waals surface area contributed by atoms with Crippen LogP contribution in [0.1, 0.15) is 93.9 Å². The van der Waals surface area contributed by atoms with Gasteiger partial charge in [0, 0.05) is 103 Å². The third kappa shape index (κ3) is 18.6. The first kappa shape index (κ1) is 59.3. The Morgan fingerprint density at radius 1 is 0.943 bits per heavy atom. The third-order valence-electron chi connectivity index (χ3n) is 10.1. The molecule has 0 aromatic rings. The number of nitrogens with one attached hydrogen (secondary N) is 1. The molecule has 0 spiro atoms. The Morgan fingerprint density at radius 2 is 1.49 bits per heavy atom. The van der Waals surface area contributed by atoms with Crippen molar-refractivity contribution in [3.63, 3.8) is 0 Å². The summed E-state index contributed by atoms with van der Waals surface area (Å²) < 4.78 is 11.8. The summed E-state index contributed by atoms with van der Waals surface area (Å²) in [5.41, 5.74) is 4.97. The van der Waals surface area contributed by atoms with Crippen LogP contribution in [-0.4, -0.2) is 129 Å². The van der Waals surface area contributed by atoms with Crippen LogP contribution in [0.25, 0.3) is 0 Å². The molecule has 1 rings (SSSR count). The fraction of sp³-hybridized carbons (Fsp3) is 0.842. The second kappa shape index (κ2) is 30.7. The average Bonchev–Trinajstić information content (AvgIpc) is 3.55. The van der Waals surface area contributed by atoms with Crippen LogP contribution in [0.4, 0.5) is 0 Å². The molecule has 12 nitrogen and oxygen atoms in total. The second-order valence-electron chi connectivity index (χ2n) is 14.8. The standard InChI is InChI=1S/C35H63N4O7.C3H8N.3W/c1-14-23(6)32(38(11)35(44)26(21(2)3)18-28(41)31(22(4)5)37(9)10)29(45-12)19-30(42)39-17-15-16-27(39)33(46-13)25(8)34(43)36-24(7)20-40;1-2-3-4;;;/h21-27,29,31-33H,14-19H2,1-13H3,(H,36,43);1-4H2;;;/q2*-1;;;/t23-,24-,25+,26-,27-,29+,31-,32-,33+;;;;/m0..../s1. The van der Waals surface area contributed by atoms with Gasteiger partial charge in [-0.3, -0.25) is 24.1 Å². The Kier molecular flexibility index (Phi) is 34.4. The van der Waals surface area contributed by atoms with E-state index in [1.54, 1.807) is 44.1 Å². The van der Waals surface area contributed by atoms with Crippen LogP contribution < -0.4 is 11.1 Å². The van der Waals surface area contributed by atoms with E-state index in [0.717, 1.165) is 19.3 Å². The number of likely N-dealkylation sites (tertiary alicyclic amines) is 1. The summed E-state index contributed by atoms with van der Waals surface area (Å²) in [6.07, 6.45) is 3.86. The number of hydrogen-bond donors (Lipinski definition) is 2. The molecule has 0 aliphatic carbocycles. The van der Waals surface area contributed by atoms with Crippen LogP contribution in [0.15, 0.2) is 0 Å². The van der Waals surface area contributed by atoms with E-state index in [2.05, 4.69) is 19.2 Å². The van der Waals surface area contributed by atoms with Crippen molar-refractivity contribution in [1.82, 2.24) is 20.0 Å². The topological polar surface area (TPSA) is 152 Å². The van der Waals surface area contributed by atoms with Gasteiger partial charge in [0.1, 0.15) is 0 Å². The van der Waals surface area contributed by atoms with Gasteiger partial charge < -0.3 is 42.0 Å². The molecular weight excluding hydrogens is 1190 g/mol. The van der Waals surface area contributed by atoms with Crippen molar-refractivity contribution in [3.8, 4) is 0 Å². The maximum atomic E-state index is 14.2. The van der Waals surface area contributed by atoms with Crippen molar-refractivity contribution >= 4 is 29.8 Å². The fourth-order valence-electron chi connectivity index (χ4n) is 7.14. The van der Waals surface area contributed by atoms with Crippen molar-refractivity contribution in [2.75, 3.05) is 48.5 Å². The number of rotatable bonds is 21. The Morgan fingerprint density at radius 3 is 1.89 bits per heavy atom. The van der Waals surface area contributed by atoms with Crippen LogP contribution in [0.3, 0.4) is 0 Å². The molecular formula is C38H71N5O7W3-2. The monoisotopic (exact) mass is 1260 g/mol. The van der Waals surface area contributed by atoms with Gasteiger partial charge in [0.05, 0.1) is 42.7 Å². The van der Waals surface area contributed by atoms with Gasteiger partial charge in [0.25, 0.3) is 0 Å². The summed E-state index contributed by atoms with van der Waals surface area (Å²) in [6, 6.07) is -1.75. The van der Waals surface area contributed by atoms with E-state index in [1.165, 1.54) is 7.11 Å². The summed E-state index contributed by atoms with van der Waals surface area (Å²) >= 11 is 0. The molecule has 310 valence electrons. The zero-order chi connectivity index (χ0) is 38.9. The van der Waals surface area contributed by atoms with Crippen LogP contribution >= 0.6 is 0 Å². The minimum Gasteiger partial charge on any atom is -0.540 e. The summed E-state index contributed by atoms with van der Waals surface area (Å²) in [5.74, 6) is -1.57. The van der Waals surface area contributed by atoms with E-state index in [0.29, 0.717) is 19.5 Å². The number of nitrogens with zero attached hydrogens (tertiary/aromatic N) is 3. The van der Waals surface area contributed by atoms with E-state index < -0.39 is 36.1 Å². The van der Waals surface area contributed by atoms with Crippen molar-refractivity contribution in [2.24, 2.45) is 35.3 Å². The molecule has 3 amide bonds. The number of ether oxygens (including phenoxy) is 2. The summed E-state index contributed by atoms with van der Waals surface area (Å²) in [6.45, 7) is 20.1. The predicted molar refractivity (Wildman–Crippen MR) is 199 cm³/mol. The Bertz CT molecular complexity index is 1050. The number of likely N-dealkylation sites (N-methyl/N-ethyl adjacent to an activating group) is 2. The van der Waals surface area contributed by atoms with Gasteiger partial charge >= 0.3 is 0 Å². The first-order valence-corrected chi connectivity index (χ1v) is 18.4. The first-order valence-electron chi connectivity index (χ1n) is 18.4. The summed E-state index contributed by atoms with van der Waals surface area (Å²) in [4.78, 5) is 70.7. The Hall–Kier alpha value is -0.345. The van der Waals surface area contributed by atoms with Crippen molar-refractivity contribution in [1.29, 1.82) is 0 Å². The first-order chi connectivity index (χ1) is 23.4. The molecule has 1 aliphatic rings. The number of amides is 3. The molecule has 0 aromatic carbocycles. The molecule has 0 radical (unpaired) electrons. The van der Waals surface area contributed by atoms with E-state index in [9.17, 15) is 24.0 Å². The number of methoxy groups -OCH3 is 2. The summed E-state index contributed by atoms with van der Waals surface area (Å²) in [7, 11) is 8.64. The molecule has 53 heavy (non-hydrogen) atoms. The van der Waals surface area contributed by atoms with Crippen molar-refractivity contribution < 1.29 is 96.6 Å². The van der Waals surface area contributed by atoms with E-state index in [4.69, 9.17) is 15.2 Å². The molecule has 1 saturated heterocycles. The average molecular weight is 1260 g/mol. The number of Topliss-reactive ketones (excluding diaryl/α,β-unsaturated/α-hetero) is 1. The third-order valence-corrected chi connectivity index (χ3v) is 10.1. The van der Waals surface area contributed by atoms with Crippen LogP contribution in [-0.2, 0) is 96.6 Å². The van der Waals surface area contributed by atoms with Gasteiger partial charge in [0.15, 0.2) is 5.78 Å². The smallest absolute Gasteiger partial charge is 0.226 e. The zero-order valence-corrected chi connectivity index (χ0v) is 43.5. The minimum absolute atomic E-state index is 0. The second-order valence-corrected chi connectivity index (χ2v) is 14.8. The maximum absolute atomic E-state index is 14.2. The predicted octanol–water partition coefficient (Wildman–Crippen LogP) is 3.50. The van der Waals surface area contributed by atoms with Gasteiger partial charge in [-0.2, -0.15) is 6.42 Å². The van der Waals surface area contributed by atoms with E-state index in [-0.39, 0.29) is 129 Å². The van der Waals surface area contributed by atoms with Gasteiger partial charge in [-0.15, -0.1) is 0 Å². The normalized spacial score (nSPS) is 18.4. The molecule has 0 aromatic heterocycles. The van der Waals surface area contributed by atoms with Crippen molar-refractivity contribution in [3.05, 3.63) is 6.92 Å². The maximum Gasteiger partial charge on any atom is 0.226 e. The van der Waals surface area contributed by atoms with Crippen molar-refractivity contribution in [2.45, 2.75) is 130 Å². The minimum atomic E-state index is -0.744. The summed E-state index contributed by atoms with van der Waals surface area (Å²) in [5, 5.41) is 2.63. The number of nitrogens with two attached hydrogens (primary N) is 1. The number of ketones is 1. The van der Waals surface area contributed by atoms with Gasteiger partial charge in [0.2, 0.25) is 17.7 Å². The molecule has 9 atom stereocenters. The molecule has 3 N–H and O–H groups in total. The molecule has 1 heterocycles. The van der Waals surface area contributed by atoms with Crippen LogP contribution in [0, 0.1) is 36.5 Å². The SMILES string of the molecule is CC[C@H](C)[C@@H]([C@@H](CC(=O)N1CCC[C@H]1[C@H](OC)[C@@H](C)C(=O)N[C@@H](C)[C-]=O)OC)N(C)C(=O)[C@@H](CC(=O)[C@H](C(C)C)N(C)C)C(C)C.[CH2-]CCN.[W].[W].[W]. The van der Waals surface area contributed by atoms with Crippen LogP contribution in [0.2, 0.25) is 0 Å². The Balaban J connectivity index is -0.00000162. The largest absolute Gasteiger partial charge is 0.540 e. The zero-order valence-electron chi connectivity index (χ0n) is 34.7. The van der Waals surface area contributed by atoms with E-state index in [1.807, 2.05) is 53.6 Å². The number of hydrogen-bond acceptors (Lipinski definition) is 9. The molecule has 15 heteroatoms. The molecule has 1 aliphatic heterocycles. The van der Waals surface area contributed by atoms with Gasteiger partial charge in [-0.1, -0.05) is 67.9 Å². The number of carbonyl (C=O) groups is 4. The quantitative estimate of drug-likeness (QED) is 0.165.